The Hall–Kier alpha value is -3.85. The molecule has 192 valence electrons. The van der Waals surface area contributed by atoms with Crippen molar-refractivity contribution in [3.05, 3.63) is 91.3 Å². The molecule has 0 bridgehead atoms. The van der Waals surface area contributed by atoms with Crippen molar-refractivity contribution in [3.8, 4) is 5.75 Å². The molecule has 0 aliphatic carbocycles. The van der Waals surface area contributed by atoms with E-state index in [2.05, 4.69) is 24.0 Å². The molecular weight excluding hydrogens is 492 g/mol. The second kappa shape index (κ2) is 9.89. The molecular formula is C27H29ClN6O3. The van der Waals surface area contributed by atoms with Gasteiger partial charge in [-0.05, 0) is 41.7 Å². The lowest BCUT2D eigenvalue weighted by Gasteiger charge is -2.12. The van der Waals surface area contributed by atoms with E-state index in [9.17, 15) is 9.59 Å². The summed E-state index contributed by atoms with van der Waals surface area (Å²) in [5.41, 5.74) is 1.82. The van der Waals surface area contributed by atoms with E-state index < -0.39 is 5.69 Å². The molecule has 0 unspecified atom stereocenters. The van der Waals surface area contributed by atoms with Crippen LogP contribution in [-0.2, 0) is 26.6 Å². The number of ether oxygens (including phenoxy) is 1. The smallest absolute Gasteiger partial charge is 0.332 e. The van der Waals surface area contributed by atoms with Crippen molar-refractivity contribution in [2.45, 2.75) is 39.8 Å². The highest BCUT2D eigenvalue weighted by Gasteiger charge is 2.24. The minimum Gasteiger partial charge on any atom is -0.497 e. The standard InChI is InChI=1S/C27H29ClN6O3/c1-17(2)13-14-32-23-24(31(3)27(36)33(25(23)35)16-19-7-5-6-8-21(19)28)34-22(29-30-26(32)34)15-18-9-11-20(37-4)12-10-18/h5-12,17H,13-16H2,1-4H3. The van der Waals surface area contributed by atoms with Crippen LogP contribution >= 0.6 is 11.6 Å². The minimum atomic E-state index is -0.426. The van der Waals surface area contributed by atoms with Gasteiger partial charge in [0.2, 0.25) is 5.78 Å². The number of benzene rings is 2. The van der Waals surface area contributed by atoms with Crippen LogP contribution in [0, 0.1) is 5.92 Å². The normalized spacial score (nSPS) is 11.7. The lowest BCUT2D eigenvalue weighted by atomic mass is 10.1. The van der Waals surface area contributed by atoms with E-state index in [-0.39, 0.29) is 12.1 Å². The van der Waals surface area contributed by atoms with Gasteiger partial charge < -0.3 is 9.30 Å². The molecule has 0 saturated heterocycles. The van der Waals surface area contributed by atoms with E-state index in [1.165, 1.54) is 9.13 Å². The Morgan fingerprint density at radius 1 is 1.00 bits per heavy atom. The molecule has 5 rings (SSSR count). The van der Waals surface area contributed by atoms with Crippen LogP contribution in [0.3, 0.4) is 0 Å². The maximum absolute atomic E-state index is 13.9. The van der Waals surface area contributed by atoms with Gasteiger partial charge >= 0.3 is 5.69 Å². The van der Waals surface area contributed by atoms with Crippen LogP contribution in [0.4, 0.5) is 0 Å². The van der Waals surface area contributed by atoms with Crippen LogP contribution in [0.5, 0.6) is 5.75 Å². The highest BCUT2D eigenvalue weighted by atomic mass is 35.5. The van der Waals surface area contributed by atoms with Gasteiger partial charge in [0.25, 0.3) is 5.56 Å². The summed E-state index contributed by atoms with van der Waals surface area (Å²) in [6, 6.07) is 14.9. The van der Waals surface area contributed by atoms with E-state index in [4.69, 9.17) is 16.3 Å². The zero-order chi connectivity index (χ0) is 26.3. The SMILES string of the molecule is COc1ccc(Cc2nnc3n(CCC(C)C)c4c(=O)n(Cc5ccccc5Cl)c(=O)n(C)c4n23)cc1. The van der Waals surface area contributed by atoms with Gasteiger partial charge in [0.05, 0.1) is 13.7 Å². The summed E-state index contributed by atoms with van der Waals surface area (Å²) in [5, 5.41) is 9.43. The van der Waals surface area contributed by atoms with Crippen molar-refractivity contribution in [3.63, 3.8) is 0 Å². The number of methoxy groups -OCH3 is 1. The molecule has 0 N–H and O–H groups in total. The topological polar surface area (TPSA) is 88.3 Å². The largest absolute Gasteiger partial charge is 0.497 e. The van der Waals surface area contributed by atoms with E-state index in [0.717, 1.165) is 17.7 Å². The summed E-state index contributed by atoms with van der Waals surface area (Å²) in [7, 11) is 3.30. The number of hydrogen-bond acceptors (Lipinski definition) is 5. The number of halogens is 1. The zero-order valence-corrected chi connectivity index (χ0v) is 22.1. The molecule has 0 atom stereocenters. The van der Waals surface area contributed by atoms with Crippen molar-refractivity contribution >= 4 is 28.5 Å². The molecule has 0 spiro atoms. The number of aromatic nitrogens is 6. The number of nitrogens with zero attached hydrogens (tertiary/aromatic N) is 6. The second-order valence-corrected chi connectivity index (χ2v) is 10.0. The van der Waals surface area contributed by atoms with Gasteiger partial charge in [-0.25, -0.2) is 9.20 Å². The first kappa shape index (κ1) is 24.8. The predicted octanol–water partition coefficient (Wildman–Crippen LogP) is 3.89. The fourth-order valence-electron chi connectivity index (χ4n) is 4.61. The Bertz CT molecular complexity index is 1710. The summed E-state index contributed by atoms with van der Waals surface area (Å²) < 4.78 is 11.7. The molecule has 0 amide bonds. The number of imidazole rings is 1. The molecule has 2 aromatic carbocycles. The molecule has 0 aliphatic rings. The van der Waals surface area contributed by atoms with Crippen molar-refractivity contribution in [2.24, 2.45) is 13.0 Å². The Kier molecular flexibility index (Phi) is 6.64. The summed E-state index contributed by atoms with van der Waals surface area (Å²) in [6.45, 7) is 4.92. The number of fused-ring (bicyclic) bond motifs is 3. The Morgan fingerprint density at radius 3 is 2.41 bits per heavy atom. The van der Waals surface area contributed by atoms with Crippen molar-refractivity contribution < 1.29 is 4.74 Å². The molecule has 37 heavy (non-hydrogen) atoms. The van der Waals surface area contributed by atoms with Crippen LogP contribution in [0.1, 0.15) is 37.2 Å². The van der Waals surface area contributed by atoms with E-state index >= 15 is 0 Å². The third kappa shape index (κ3) is 4.44. The van der Waals surface area contributed by atoms with Crippen LogP contribution in [-0.4, -0.2) is 35.4 Å². The van der Waals surface area contributed by atoms with Crippen LogP contribution in [0.2, 0.25) is 5.02 Å². The average molecular weight is 521 g/mol. The van der Waals surface area contributed by atoms with Crippen molar-refractivity contribution in [2.75, 3.05) is 7.11 Å². The number of aryl methyl sites for hydroxylation is 2. The lowest BCUT2D eigenvalue weighted by molar-refractivity contribution is 0.414. The van der Waals surface area contributed by atoms with Gasteiger partial charge in [-0.2, -0.15) is 0 Å². The van der Waals surface area contributed by atoms with Crippen LogP contribution in [0.15, 0.2) is 58.1 Å². The molecule has 3 heterocycles. The molecule has 10 heteroatoms. The monoisotopic (exact) mass is 520 g/mol. The first-order valence-electron chi connectivity index (χ1n) is 12.2. The molecule has 0 fully saturated rings. The van der Waals surface area contributed by atoms with Gasteiger partial charge in [-0.15, -0.1) is 10.2 Å². The second-order valence-electron chi connectivity index (χ2n) is 9.61. The third-order valence-corrected chi connectivity index (χ3v) is 7.04. The van der Waals surface area contributed by atoms with Gasteiger partial charge in [-0.1, -0.05) is 55.8 Å². The number of rotatable bonds is 8. The maximum atomic E-state index is 13.9. The highest BCUT2D eigenvalue weighted by Crippen LogP contribution is 2.22. The van der Waals surface area contributed by atoms with Gasteiger partial charge in [-0.3, -0.25) is 13.9 Å². The lowest BCUT2D eigenvalue weighted by Crippen LogP contribution is -2.40. The van der Waals surface area contributed by atoms with E-state index in [0.29, 0.717) is 52.2 Å². The first-order valence-corrected chi connectivity index (χ1v) is 12.6. The summed E-state index contributed by atoms with van der Waals surface area (Å²) in [5.74, 6) is 2.37. The molecule has 3 aromatic heterocycles. The quantitative estimate of drug-likeness (QED) is 0.310. The predicted molar refractivity (Wildman–Crippen MR) is 144 cm³/mol. The Morgan fingerprint density at radius 2 is 1.73 bits per heavy atom. The Balaban J connectivity index is 1.73. The van der Waals surface area contributed by atoms with Gasteiger partial charge in [0, 0.05) is 25.0 Å². The molecule has 0 aliphatic heterocycles. The molecule has 0 saturated carbocycles. The summed E-state index contributed by atoms with van der Waals surface area (Å²) in [4.78, 5) is 27.4. The van der Waals surface area contributed by atoms with Gasteiger partial charge in [0.1, 0.15) is 11.6 Å². The van der Waals surface area contributed by atoms with Crippen LogP contribution < -0.4 is 16.0 Å². The molecule has 5 aromatic rings. The summed E-state index contributed by atoms with van der Waals surface area (Å²) >= 11 is 6.36. The number of hydrogen-bond donors (Lipinski definition) is 0. The van der Waals surface area contributed by atoms with E-state index in [1.807, 2.05) is 51.4 Å². The first-order chi connectivity index (χ1) is 17.8. The molecule has 0 radical (unpaired) electrons. The fourth-order valence-corrected chi connectivity index (χ4v) is 4.80. The van der Waals surface area contributed by atoms with E-state index in [1.54, 1.807) is 20.2 Å². The fraction of sp³-hybridized carbons (Fsp3) is 0.333. The maximum Gasteiger partial charge on any atom is 0.332 e. The highest BCUT2D eigenvalue weighted by molar-refractivity contribution is 6.31. The molecule has 9 nitrogen and oxygen atoms in total. The minimum absolute atomic E-state index is 0.0791. The van der Waals surface area contributed by atoms with Crippen molar-refractivity contribution in [1.82, 2.24) is 28.3 Å². The van der Waals surface area contributed by atoms with Crippen molar-refractivity contribution in [1.29, 1.82) is 0 Å². The third-order valence-electron chi connectivity index (χ3n) is 6.67. The summed E-state index contributed by atoms with van der Waals surface area (Å²) in [6.07, 6.45) is 1.32. The van der Waals surface area contributed by atoms with Crippen LogP contribution in [0.25, 0.3) is 16.9 Å². The zero-order valence-electron chi connectivity index (χ0n) is 21.3. The van der Waals surface area contributed by atoms with Gasteiger partial charge in [0.15, 0.2) is 11.2 Å². The Labute approximate surface area is 218 Å². The average Bonchev–Trinajstić information content (AvgIpc) is 3.44.